The molecule has 1 aliphatic rings. The second-order valence-electron chi connectivity index (χ2n) is 4.31. The third kappa shape index (κ3) is 2.20. The quantitative estimate of drug-likeness (QED) is 0.912. The molecule has 1 unspecified atom stereocenters. The van der Waals surface area contributed by atoms with Crippen LogP contribution in [0, 0.1) is 5.82 Å². The summed E-state index contributed by atoms with van der Waals surface area (Å²) in [7, 11) is 0. The molecule has 98 valence electrons. The van der Waals surface area contributed by atoms with Crippen LogP contribution in [0.1, 0.15) is 16.5 Å². The molecular weight excluding hydrogens is 331 g/mol. The van der Waals surface area contributed by atoms with E-state index >= 15 is 0 Å². The number of benzene rings is 1. The van der Waals surface area contributed by atoms with Gasteiger partial charge >= 0.3 is 0 Å². The van der Waals surface area contributed by atoms with E-state index in [9.17, 15) is 9.18 Å². The molecule has 19 heavy (non-hydrogen) atoms. The fourth-order valence-corrected chi connectivity index (χ4v) is 3.66. The number of nitrogens with zero attached hydrogens (tertiary/aromatic N) is 1. The number of halogens is 2. The molecular formula is C13H10BrFN2OS. The van der Waals surface area contributed by atoms with Crippen molar-refractivity contribution in [1.29, 1.82) is 0 Å². The standard InChI is InChI=1S/C13H10BrFN2OS/c14-11-4-2-8(19-11)6-17-10-5-7(15)1-3-9(10)12(16)13(17)18/h1-5,12H,6,16H2. The van der Waals surface area contributed by atoms with Crippen LogP contribution in [-0.2, 0) is 11.3 Å². The van der Waals surface area contributed by atoms with Gasteiger partial charge < -0.3 is 10.6 Å². The first-order valence-corrected chi connectivity index (χ1v) is 7.28. The van der Waals surface area contributed by atoms with Crippen molar-refractivity contribution in [1.82, 2.24) is 0 Å². The highest BCUT2D eigenvalue weighted by Gasteiger charge is 2.35. The summed E-state index contributed by atoms with van der Waals surface area (Å²) in [5.41, 5.74) is 7.12. The summed E-state index contributed by atoms with van der Waals surface area (Å²) in [6.45, 7) is 0.416. The molecule has 0 saturated carbocycles. The Kier molecular flexibility index (Phi) is 3.16. The normalized spacial score (nSPS) is 17.9. The number of anilines is 1. The zero-order chi connectivity index (χ0) is 13.6. The van der Waals surface area contributed by atoms with Gasteiger partial charge in [-0.3, -0.25) is 4.79 Å². The zero-order valence-corrected chi connectivity index (χ0v) is 12.2. The molecule has 1 aromatic heterocycles. The van der Waals surface area contributed by atoms with Gasteiger partial charge in [-0.25, -0.2) is 4.39 Å². The van der Waals surface area contributed by atoms with E-state index in [1.54, 1.807) is 22.3 Å². The van der Waals surface area contributed by atoms with Gasteiger partial charge in [0, 0.05) is 10.4 Å². The highest BCUT2D eigenvalue weighted by Crippen LogP contribution is 2.37. The molecule has 1 amide bonds. The van der Waals surface area contributed by atoms with Gasteiger partial charge in [-0.15, -0.1) is 11.3 Å². The molecule has 0 spiro atoms. The molecule has 0 saturated heterocycles. The number of hydrogen-bond donors (Lipinski definition) is 1. The fraction of sp³-hybridized carbons (Fsp3) is 0.154. The fourth-order valence-electron chi connectivity index (χ4n) is 2.19. The van der Waals surface area contributed by atoms with Crippen molar-refractivity contribution in [3.8, 4) is 0 Å². The Hall–Kier alpha value is -1.24. The van der Waals surface area contributed by atoms with E-state index < -0.39 is 6.04 Å². The van der Waals surface area contributed by atoms with Gasteiger partial charge in [0.15, 0.2) is 0 Å². The number of thiophene rings is 1. The Morgan fingerprint density at radius 3 is 2.84 bits per heavy atom. The molecule has 2 aromatic rings. The van der Waals surface area contributed by atoms with E-state index in [0.717, 1.165) is 8.66 Å². The van der Waals surface area contributed by atoms with E-state index in [4.69, 9.17) is 5.73 Å². The summed E-state index contributed by atoms with van der Waals surface area (Å²) in [4.78, 5) is 14.7. The second kappa shape index (κ2) is 4.70. The van der Waals surface area contributed by atoms with Gasteiger partial charge in [-0.1, -0.05) is 6.07 Å². The van der Waals surface area contributed by atoms with Crippen molar-refractivity contribution in [2.45, 2.75) is 12.6 Å². The van der Waals surface area contributed by atoms with Gasteiger partial charge in [0.25, 0.3) is 0 Å². The van der Waals surface area contributed by atoms with Crippen LogP contribution >= 0.6 is 27.3 Å². The molecule has 0 bridgehead atoms. The molecule has 0 fully saturated rings. The average molecular weight is 341 g/mol. The zero-order valence-electron chi connectivity index (χ0n) is 9.77. The Balaban J connectivity index is 1.98. The highest BCUT2D eigenvalue weighted by molar-refractivity contribution is 9.11. The maximum Gasteiger partial charge on any atom is 0.248 e. The summed E-state index contributed by atoms with van der Waals surface area (Å²) in [6, 6.07) is 7.44. The molecule has 6 heteroatoms. The predicted octanol–water partition coefficient (Wildman–Crippen LogP) is 3.20. The van der Waals surface area contributed by atoms with Crippen molar-refractivity contribution in [2.75, 3.05) is 4.90 Å². The van der Waals surface area contributed by atoms with E-state index in [1.807, 2.05) is 12.1 Å². The Bertz CT molecular complexity index is 658. The first-order chi connectivity index (χ1) is 9.06. The predicted molar refractivity (Wildman–Crippen MR) is 76.5 cm³/mol. The maximum atomic E-state index is 13.3. The lowest BCUT2D eigenvalue weighted by molar-refractivity contribution is -0.119. The van der Waals surface area contributed by atoms with Crippen molar-refractivity contribution >= 4 is 38.9 Å². The first kappa shape index (κ1) is 12.8. The summed E-state index contributed by atoms with van der Waals surface area (Å²) in [6.07, 6.45) is 0. The third-order valence-electron chi connectivity index (χ3n) is 3.09. The Morgan fingerprint density at radius 2 is 2.16 bits per heavy atom. The Labute approximate surface area is 122 Å². The van der Waals surface area contributed by atoms with Crippen molar-refractivity contribution in [2.24, 2.45) is 5.73 Å². The average Bonchev–Trinajstić information content (AvgIpc) is 2.88. The van der Waals surface area contributed by atoms with Crippen LogP contribution in [0.5, 0.6) is 0 Å². The number of amides is 1. The molecule has 1 aliphatic heterocycles. The molecule has 3 nitrogen and oxygen atoms in total. The minimum Gasteiger partial charge on any atom is -0.316 e. The summed E-state index contributed by atoms with van der Waals surface area (Å²) in [5, 5.41) is 0. The van der Waals surface area contributed by atoms with Gasteiger partial charge in [-0.05, 0) is 40.2 Å². The summed E-state index contributed by atoms with van der Waals surface area (Å²) < 4.78 is 14.3. The van der Waals surface area contributed by atoms with Crippen molar-refractivity contribution < 1.29 is 9.18 Å². The number of hydrogen-bond acceptors (Lipinski definition) is 3. The molecule has 2 heterocycles. The van der Waals surface area contributed by atoms with E-state index in [-0.39, 0.29) is 11.7 Å². The summed E-state index contributed by atoms with van der Waals surface area (Å²) >= 11 is 4.93. The minimum absolute atomic E-state index is 0.190. The first-order valence-electron chi connectivity index (χ1n) is 5.67. The van der Waals surface area contributed by atoms with Gasteiger partial charge in [-0.2, -0.15) is 0 Å². The molecule has 1 atom stereocenters. The molecule has 2 N–H and O–H groups in total. The smallest absolute Gasteiger partial charge is 0.248 e. The van der Waals surface area contributed by atoms with Crippen molar-refractivity contribution in [3.05, 3.63) is 50.4 Å². The van der Waals surface area contributed by atoms with Crippen LogP contribution in [0.4, 0.5) is 10.1 Å². The highest BCUT2D eigenvalue weighted by atomic mass is 79.9. The van der Waals surface area contributed by atoms with Gasteiger partial charge in [0.1, 0.15) is 11.9 Å². The number of fused-ring (bicyclic) bond motifs is 1. The van der Waals surface area contributed by atoms with Crippen LogP contribution in [0.3, 0.4) is 0 Å². The van der Waals surface area contributed by atoms with E-state index in [0.29, 0.717) is 17.8 Å². The van der Waals surface area contributed by atoms with Crippen LogP contribution < -0.4 is 10.6 Å². The SMILES string of the molecule is NC1C(=O)N(Cc2ccc(Br)s2)c2cc(F)ccc21. The number of carbonyl (C=O) groups is 1. The Morgan fingerprint density at radius 1 is 1.37 bits per heavy atom. The van der Waals surface area contributed by atoms with E-state index in [1.165, 1.54) is 12.1 Å². The largest absolute Gasteiger partial charge is 0.316 e. The molecule has 0 radical (unpaired) electrons. The third-order valence-corrected chi connectivity index (χ3v) is 4.70. The molecule has 1 aromatic carbocycles. The lowest BCUT2D eigenvalue weighted by Gasteiger charge is -2.16. The van der Waals surface area contributed by atoms with Gasteiger partial charge in [0.05, 0.1) is 16.0 Å². The van der Waals surface area contributed by atoms with Crippen molar-refractivity contribution in [3.63, 3.8) is 0 Å². The van der Waals surface area contributed by atoms with Crippen LogP contribution in [-0.4, -0.2) is 5.91 Å². The molecule has 0 aliphatic carbocycles. The monoisotopic (exact) mass is 340 g/mol. The summed E-state index contributed by atoms with van der Waals surface area (Å²) in [5.74, 6) is -0.553. The van der Waals surface area contributed by atoms with Crippen LogP contribution in [0.15, 0.2) is 34.1 Å². The van der Waals surface area contributed by atoms with Crippen LogP contribution in [0.2, 0.25) is 0 Å². The second-order valence-corrected chi connectivity index (χ2v) is 6.86. The topological polar surface area (TPSA) is 46.3 Å². The lowest BCUT2D eigenvalue weighted by atomic mass is 10.1. The van der Waals surface area contributed by atoms with Crippen LogP contribution in [0.25, 0.3) is 0 Å². The van der Waals surface area contributed by atoms with E-state index in [2.05, 4.69) is 15.9 Å². The minimum atomic E-state index is -0.695. The molecule has 3 rings (SSSR count). The number of carbonyl (C=O) groups excluding carboxylic acids is 1. The number of nitrogens with two attached hydrogens (primary N) is 1. The lowest BCUT2D eigenvalue weighted by Crippen LogP contribution is -2.30. The number of rotatable bonds is 2. The maximum absolute atomic E-state index is 13.3. The van der Waals surface area contributed by atoms with Gasteiger partial charge in [0.2, 0.25) is 5.91 Å².